The molecule has 0 N–H and O–H groups in total. The van der Waals surface area contributed by atoms with Gasteiger partial charge >= 0.3 is 0 Å². The maximum absolute atomic E-state index is 6.24. The maximum Gasteiger partial charge on any atom is 0.273 e. The topological polar surface area (TPSA) is 9.23 Å². The molecule has 15 heavy (non-hydrogen) atoms. The van der Waals surface area contributed by atoms with E-state index in [1.54, 1.807) is 0 Å². The van der Waals surface area contributed by atoms with Crippen molar-refractivity contribution in [2.24, 2.45) is 0 Å². The molecule has 0 amide bonds. The molecule has 0 heterocycles. The first-order valence-corrected chi connectivity index (χ1v) is 15.0. The van der Waals surface area contributed by atoms with Crippen LogP contribution in [0.3, 0.4) is 0 Å². The minimum absolute atomic E-state index is 0.962. The molecule has 0 aromatic carbocycles. The maximum atomic E-state index is 6.24. The van der Waals surface area contributed by atoms with Crippen LogP contribution in [0.1, 0.15) is 6.42 Å². The molecule has 0 saturated heterocycles. The summed E-state index contributed by atoms with van der Waals surface area (Å²) in [5, 5.41) is 0. The smallest absolute Gasteiger partial charge is 0.273 e. The molecule has 0 bridgehead atoms. The van der Waals surface area contributed by atoms with Crippen LogP contribution in [0.5, 0.6) is 0 Å². The summed E-state index contributed by atoms with van der Waals surface area (Å²) < 4.78 is 6.24. The molecular formula is C9H21Cl2OSi3. The van der Waals surface area contributed by atoms with Gasteiger partial charge in [0.2, 0.25) is 0 Å². The van der Waals surface area contributed by atoms with Gasteiger partial charge in [0.05, 0.1) is 0 Å². The molecule has 0 aliphatic rings. The van der Waals surface area contributed by atoms with E-state index in [4.69, 9.17) is 26.3 Å². The van der Waals surface area contributed by atoms with E-state index in [-0.39, 0.29) is 0 Å². The summed E-state index contributed by atoms with van der Waals surface area (Å²) in [4.78, 5) is 0. The Balaban J connectivity index is 4.01. The van der Waals surface area contributed by atoms with Crippen molar-refractivity contribution in [2.45, 2.75) is 44.7 Å². The molecule has 0 rings (SSSR count). The summed E-state index contributed by atoms with van der Waals surface area (Å²) in [5.41, 5.74) is 2.00. The fourth-order valence-electron chi connectivity index (χ4n) is 1.45. The third-order valence-corrected chi connectivity index (χ3v) is 10.9. The van der Waals surface area contributed by atoms with Crippen LogP contribution in [0.15, 0.2) is 12.3 Å². The summed E-state index contributed by atoms with van der Waals surface area (Å²) in [6.07, 6.45) is 1.10. The van der Waals surface area contributed by atoms with E-state index in [0.29, 0.717) is 0 Å². The van der Waals surface area contributed by atoms with Crippen LogP contribution in [0, 0.1) is 0 Å². The Morgan fingerprint density at radius 1 is 1.27 bits per heavy atom. The van der Waals surface area contributed by atoms with Gasteiger partial charge < -0.3 is 4.12 Å². The van der Waals surface area contributed by atoms with Crippen LogP contribution in [-0.4, -0.2) is 24.1 Å². The van der Waals surface area contributed by atoms with Crippen molar-refractivity contribution >= 4 is 46.2 Å². The highest BCUT2D eigenvalue weighted by atomic mass is 35.7. The molecule has 6 heteroatoms. The van der Waals surface area contributed by atoms with E-state index in [9.17, 15) is 0 Å². The summed E-state index contributed by atoms with van der Waals surface area (Å²) in [6.45, 7) is 12.7. The van der Waals surface area contributed by atoms with Crippen molar-refractivity contribution in [2.75, 3.05) is 0 Å². The largest absolute Gasteiger partial charge is 0.453 e. The van der Waals surface area contributed by atoms with E-state index in [1.807, 2.05) is 5.70 Å². The lowest BCUT2D eigenvalue weighted by molar-refractivity contribution is 0.551. The zero-order valence-corrected chi connectivity index (χ0v) is 14.6. The highest BCUT2D eigenvalue weighted by molar-refractivity contribution is 7.33. The molecule has 0 unspecified atom stereocenters. The van der Waals surface area contributed by atoms with Crippen molar-refractivity contribution < 1.29 is 4.12 Å². The molecule has 0 aliphatic carbocycles. The normalized spacial score (nSPS) is 13.3. The Morgan fingerprint density at radius 3 is 2.20 bits per heavy atom. The number of hydrogen-bond donors (Lipinski definition) is 0. The predicted octanol–water partition coefficient (Wildman–Crippen LogP) is 4.49. The van der Waals surface area contributed by atoms with Crippen LogP contribution in [0.25, 0.3) is 0 Å². The molecule has 0 aliphatic heterocycles. The fraction of sp³-hybridized carbons (Fsp3) is 0.778. The van der Waals surface area contributed by atoms with Gasteiger partial charge in [-0.2, -0.15) is 0 Å². The fourth-order valence-corrected chi connectivity index (χ4v) is 10.5. The lowest BCUT2D eigenvalue weighted by Crippen LogP contribution is -2.43. The minimum Gasteiger partial charge on any atom is -0.453 e. The molecule has 0 fully saturated rings. The Morgan fingerprint density at radius 2 is 1.80 bits per heavy atom. The summed E-state index contributed by atoms with van der Waals surface area (Å²) in [6, 6.07) is 2.11. The second-order valence-electron chi connectivity index (χ2n) is 4.86. The summed E-state index contributed by atoms with van der Waals surface area (Å²) in [5.74, 6) is 0. The van der Waals surface area contributed by atoms with Crippen LogP contribution in [-0.2, 0) is 4.12 Å². The molecule has 0 aromatic rings. The molecule has 0 aromatic heterocycles. The molecule has 1 radical (unpaired) electrons. The first-order chi connectivity index (χ1) is 6.68. The zero-order chi connectivity index (χ0) is 12.1. The van der Waals surface area contributed by atoms with Gasteiger partial charge in [0.25, 0.3) is 7.42 Å². The molecule has 0 spiro atoms. The van der Waals surface area contributed by atoms with Gasteiger partial charge in [0.15, 0.2) is 16.6 Å². The van der Waals surface area contributed by atoms with Crippen LogP contribution in [0.4, 0.5) is 0 Å². The molecule has 89 valence electrons. The van der Waals surface area contributed by atoms with Crippen LogP contribution < -0.4 is 0 Å². The number of halogens is 2. The minimum atomic E-state index is -1.62. The van der Waals surface area contributed by atoms with Gasteiger partial charge in [-0.05, 0) is 38.3 Å². The highest BCUT2D eigenvalue weighted by Crippen LogP contribution is 2.22. The molecular weight excluding hydrogens is 279 g/mol. The number of rotatable bonds is 7. The SMILES string of the molecule is C=C[Si](C)(C)O[Si](C)(C)CCC[Si](Cl)Cl. The quantitative estimate of drug-likeness (QED) is 0.497. The Hall–Kier alpha value is 0.931. The standard InChI is InChI=1S/C9H21Cl2OSi3/c1-6-14(2,3)12-15(4,5)9-7-8-13(10)11/h6H,1,7-9H2,2-5H3. The average Bonchev–Trinajstić information content (AvgIpc) is 2.01. The lowest BCUT2D eigenvalue weighted by atomic mass is 10.6. The second kappa shape index (κ2) is 6.61. The van der Waals surface area contributed by atoms with E-state index < -0.39 is 24.1 Å². The summed E-state index contributed by atoms with van der Waals surface area (Å²) in [7, 11) is -4.26. The Labute approximate surface area is 107 Å². The monoisotopic (exact) mass is 299 g/mol. The molecule has 1 nitrogen and oxygen atoms in total. The van der Waals surface area contributed by atoms with Crippen molar-refractivity contribution in [1.29, 1.82) is 0 Å². The zero-order valence-electron chi connectivity index (χ0n) is 10.1. The summed E-state index contributed by atoms with van der Waals surface area (Å²) >= 11 is 11.6. The van der Waals surface area contributed by atoms with Crippen molar-refractivity contribution in [3.05, 3.63) is 12.3 Å². The van der Waals surface area contributed by atoms with Crippen molar-refractivity contribution in [1.82, 2.24) is 0 Å². The van der Waals surface area contributed by atoms with Crippen molar-refractivity contribution in [3.8, 4) is 0 Å². The van der Waals surface area contributed by atoms with Gasteiger partial charge in [0.1, 0.15) is 0 Å². The van der Waals surface area contributed by atoms with Crippen LogP contribution in [0.2, 0.25) is 38.3 Å². The van der Waals surface area contributed by atoms with Gasteiger partial charge in [-0.25, -0.2) is 0 Å². The van der Waals surface area contributed by atoms with Crippen molar-refractivity contribution in [3.63, 3.8) is 0 Å². The Kier molecular flexibility index (Phi) is 7.02. The van der Waals surface area contributed by atoms with E-state index in [2.05, 4.69) is 32.8 Å². The average molecular weight is 300 g/mol. The lowest BCUT2D eigenvalue weighted by Gasteiger charge is -2.31. The Bertz CT molecular complexity index is 208. The van der Waals surface area contributed by atoms with Gasteiger partial charge in [0, 0.05) is 0 Å². The molecule has 0 atom stereocenters. The van der Waals surface area contributed by atoms with Crippen LogP contribution >= 0.6 is 22.2 Å². The van der Waals surface area contributed by atoms with E-state index >= 15 is 0 Å². The van der Waals surface area contributed by atoms with Gasteiger partial charge in [-0.1, -0.05) is 12.1 Å². The first kappa shape index (κ1) is 15.9. The first-order valence-electron chi connectivity index (χ1n) is 5.19. The van der Waals surface area contributed by atoms with Gasteiger partial charge in [-0.15, -0.1) is 28.7 Å². The third-order valence-electron chi connectivity index (χ3n) is 2.18. The highest BCUT2D eigenvalue weighted by Gasteiger charge is 2.30. The van der Waals surface area contributed by atoms with E-state index in [0.717, 1.165) is 18.5 Å². The van der Waals surface area contributed by atoms with E-state index in [1.165, 1.54) is 0 Å². The molecule has 0 saturated carbocycles. The third kappa shape index (κ3) is 8.71. The number of hydrogen-bond acceptors (Lipinski definition) is 1. The van der Waals surface area contributed by atoms with Gasteiger partial charge in [-0.3, -0.25) is 0 Å². The second-order valence-corrected chi connectivity index (χ2v) is 17.8. The predicted molar refractivity (Wildman–Crippen MR) is 77.9 cm³/mol.